The van der Waals surface area contributed by atoms with Crippen LogP contribution in [-0.2, 0) is 12.7 Å². The van der Waals surface area contributed by atoms with E-state index in [-0.39, 0.29) is 0 Å². The number of nitrogens with two attached hydrogens (primary N) is 1. The number of benzene rings is 2. The molecule has 0 aliphatic heterocycles. The van der Waals surface area contributed by atoms with Crippen LogP contribution in [0.15, 0.2) is 55.1 Å². The van der Waals surface area contributed by atoms with E-state index >= 15 is 0 Å². The first-order valence-electron chi connectivity index (χ1n) is 8.02. The third-order valence-corrected chi connectivity index (χ3v) is 3.73. The summed E-state index contributed by atoms with van der Waals surface area (Å²) in [5.74, 6) is 0. The van der Waals surface area contributed by atoms with Crippen LogP contribution in [0.1, 0.15) is 23.1 Å². The molecule has 6 heteroatoms. The van der Waals surface area contributed by atoms with Gasteiger partial charge in [0, 0.05) is 30.0 Å². The second-order valence-corrected chi connectivity index (χ2v) is 5.72. The summed E-state index contributed by atoms with van der Waals surface area (Å²) in [4.78, 5) is 0. The minimum absolute atomic E-state index is 0.517. The van der Waals surface area contributed by atoms with Crippen LogP contribution >= 0.6 is 0 Å². The Kier molecular flexibility index (Phi) is 6.47. The van der Waals surface area contributed by atoms with E-state index < -0.39 is 11.7 Å². The zero-order chi connectivity index (χ0) is 18.3. The van der Waals surface area contributed by atoms with E-state index in [0.717, 1.165) is 48.5 Å². The van der Waals surface area contributed by atoms with Crippen molar-refractivity contribution < 1.29 is 13.2 Å². The van der Waals surface area contributed by atoms with Crippen molar-refractivity contribution in [2.24, 2.45) is 5.73 Å². The number of hydrogen-bond acceptors (Lipinski definition) is 3. The van der Waals surface area contributed by atoms with E-state index in [1.165, 1.54) is 12.1 Å². The fourth-order valence-electron chi connectivity index (χ4n) is 2.40. The summed E-state index contributed by atoms with van der Waals surface area (Å²) in [6.45, 7) is 5.79. The number of alkyl halides is 3. The topological polar surface area (TPSA) is 50.1 Å². The Balaban J connectivity index is 1.70. The Morgan fingerprint density at radius 1 is 1.00 bits per heavy atom. The lowest BCUT2D eigenvalue weighted by Gasteiger charge is -2.12. The van der Waals surface area contributed by atoms with Gasteiger partial charge in [-0.2, -0.15) is 13.2 Å². The van der Waals surface area contributed by atoms with Crippen LogP contribution in [0.25, 0.3) is 5.70 Å². The molecule has 0 saturated carbocycles. The number of rotatable bonds is 8. The van der Waals surface area contributed by atoms with Crippen molar-refractivity contribution >= 4 is 11.4 Å². The molecular formula is C19H22F3N3. The Bertz CT molecular complexity index is 694. The van der Waals surface area contributed by atoms with Crippen molar-refractivity contribution in [2.45, 2.75) is 19.1 Å². The highest BCUT2D eigenvalue weighted by Crippen LogP contribution is 2.29. The molecule has 0 fully saturated rings. The summed E-state index contributed by atoms with van der Waals surface area (Å²) in [5.41, 5.74) is 8.30. The maximum Gasteiger partial charge on any atom is 0.416 e. The zero-order valence-electron chi connectivity index (χ0n) is 13.9. The number of anilines is 1. The van der Waals surface area contributed by atoms with Crippen molar-refractivity contribution in [3.8, 4) is 0 Å². The standard InChI is InChI=1S/C19H22F3N3/c1-14(23)17-5-2-3-6-18(17)25-12-4-11-24-13-15-7-9-16(10-8-15)19(20,21)22/h2-3,5-10,24-25H,1,4,11-13,23H2. The smallest absolute Gasteiger partial charge is 0.399 e. The van der Waals surface area contributed by atoms with Gasteiger partial charge in [0.1, 0.15) is 0 Å². The third kappa shape index (κ3) is 5.83. The Hall–Kier alpha value is -2.47. The third-order valence-electron chi connectivity index (χ3n) is 3.73. The van der Waals surface area contributed by atoms with Crippen LogP contribution in [0.2, 0.25) is 0 Å². The molecule has 0 radical (unpaired) electrons. The van der Waals surface area contributed by atoms with E-state index in [2.05, 4.69) is 17.2 Å². The molecule has 0 heterocycles. The summed E-state index contributed by atoms with van der Waals surface area (Å²) in [7, 11) is 0. The lowest BCUT2D eigenvalue weighted by Crippen LogP contribution is -2.18. The molecule has 4 N–H and O–H groups in total. The van der Waals surface area contributed by atoms with Gasteiger partial charge in [-0.15, -0.1) is 0 Å². The van der Waals surface area contributed by atoms with E-state index in [9.17, 15) is 13.2 Å². The van der Waals surface area contributed by atoms with Crippen molar-refractivity contribution in [3.63, 3.8) is 0 Å². The number of para-hydroxylation sites is 1. The van der Waals surface area contributed by atoms with Crippen LogP contribution in [0.4, 0.5) is 18.9 Å². The Morgan fingerprint density at radius 2 is 1.68 bits per heavy atom. The molecule has 0 amide bonds. The molecule has 2 rings (SSSR count). The van der Waals surface area contributed by atoms with E-state index in [0.29, 0.717) is 12.2 Å². The molecule has 2 aromatic rings. The minimum Gasteiger partial charge on any atom is -0.399 e. The summed E-state index contributed by atoms with van der Waals surface area (Å²) >= 11 is 0. The summed E-state index contributed by atoms with van der Waals surface area (Å²) in [5, 5.41) is 6.53. The van der Waals surface area contributed by atoms with Gasteiger partial charge in [0.05, 0.1) is 5.56 Å². The molecular weight excluding hydrogens is 327 g/mol. The molecule has 3 nitrogen and oxygen atoms in total. The van der Waals surface area contributed by atoms with Crippen LogP contribution in [0.3, 0.4) is 0 Å². The number of halogens is 3. The van der Waals surface area contributed by atoms with Gasteiger partial charge >= 0.3 is 6.18 Å². The SMILES string of the molecule is C=C(N)c1ccccc1NCCCNCc1ccc(C(F)(F)F)cc1. The van der Waals surface area contributed by atoms with Crippen LogP contribution in [0, 0.1) is 0 Å². The lowest BCUT2D eigenvalue weighted by atomic mass is 10.1. The van der Waals surface area contributed by atoms with Gasteiger partial charge in [0.25, 0.3) is 0 Å². The second kappa shape index (κ2) is 8.58. The molecule has 134 valence electrons. The number of nitrogens with one attached hydrogen (secondary N) is 2. The normalized spacial score (nSPS) is 11.3. The van der Waals surface area contributed by atoms with Crippen molar-refractivity contribution in [1.82, 2.24) is 5.32 Å². The van der Waals surface area contributed by atoms with E-state index in [4.69, 9.17) is 5.73 Å². The molecule has 0 spiro atoms. The van der Waals surface area contributed by atoms with Gasteiger partial charge in [-0.3, -0.25) is 0 Å². The summed E-state index contributed by atoms with van der Waals surface area (Å²) < 4.78 is 37.5. The van der Waals surface area contributed by atoms with E-state index in [1.807, 2.05) is 24.3 Å². The molecule has 0 aliphatic rings. The Morgan fingerprint density at radius 3 is 2.32 bits per heavy atom. The molecule has 25 heavy (non-hydrogen) atoms. The lowest BCUT2D eigenvalue weighted by molar-refractivity contribution is -0.137. The highest BCUT2D eigenvalue weighted by atomic mass is 19.4. The highest BCUT2D eigenvalue weighted by molar-refractivity contribution is 5.73. The van der Waals surface area contributed by atoms with Crippen LogP contribution in [0.5, 0.6) is 0 Å². The molecule has 0 aliphatic carbocycles. The first kappa shape index (κ1) is 18.9. The highest BCUT2D eigenvalue weighted by Gasteiger charge is 2.29. The van der Waals surface area contributed by atoms with Gasteiger partial charge in [-0.1, -0.05) is 36.9 Å². The molecule has 0 unspecified atom stereocenters. The molecule has 2 aromatic carbocycles. The molecule has 0 atom stereocenters. The number of hydrogen-bond donors (Lipinski definition) is 3. The summed E-state index contributed by atoms with van der Waals surface area (Å²) in [6.07, 6.45) is -3.42. The quantitative estimate of drug-likeness (QED) is 0.625. The molecule has 0 bridgehead atoms. The first-order valence-corrected chi connectivity index (χ1v) is 8.02. The predicted octanol–water partition coefficient (Wildman–Crippen LogP) is 4.23. The van der Waals surface area contributed by atoms with Crippen LogP contribution < -0.4 is 16.4 Å². The fourth-order valence-corrected chi connectivity index (χ4v) is 2.40. The van der Waals surface area contributed by atoms with Crippen molar-refractivity contribution in [1.29, 1.82) is 0 Å². The monoisotopic (exact) mass is 349 g/mol. The molecule has 0 saturated heterocycles. The fraction of sp³-hybridized carbons (Fsp3) is 0.263. The van der Waals surface area contributed by atoms with Crippen molar-refractivity contribution in [3.05, 3.63) is 71.8 Å². The zero-order valence-corrected chi connectivity index (χ0v) is 13.9. The van der Waals surface area contributed by atoms with Crippen molar-refractivity contribution in [2.75, 3.05) is 18.4 Å². The van der Waals surface area contributed by atoms with Crippen LogP contribution in [-0.4, -0.2) is 13.1 Å². The van der Waals surface area contributed by atoms with E-state index in [1.54, 1.807) is 0 Å². The predicted molar refractivity (Wildman–Crippen MR) is 95.9 cm³/mol. The van der Waals surface area contributed by atoms with Gasteiger partial charge in [0.15, 0.2) is 0 Å². The second-order valence-electron chi connectivity index (χ2n) is 5.72. The maximum absolute atomic E-state index is 12.5. The molecule has 0 aromatic heterocycles. The minimum atomic E-state index is -4.29. The summed E-state index contributed by atoms with van der Waals surface area (Å²) in [6, 6.07) is 12.9. The average Bonchev–Trinajstić information content (AvgIpc) is 2.58. The first-order chi connectivity index (χ1) is 11.9. The van der Waals surface area contributed by atoms with Gasteiger partial charge in [0.2, 0.25) is 0 Å². The van der Waals surface area contributed by atoms with Gasteiger partial charge in [-0.25, -0.2) is 0 Å². The average molecular weight is 349 g/mol. The Labute approximate surface area is 145 Å². The van der Waals surface area contributed by atoms with Gasteiger partial charge < -0.3 is 16.4 Å². The maximum atomic E-state index is 12.5. The van der Waals surface area contributed by atoms with Gasteiger partial charge in [-0.05, 0) is 36.7 Å². The largest absolute Gasteiger partial charge is 0.416 e.